The molecule has 0 bridgehead atoms. The molecule has 0 N–H and O–H groups in total. The van der Waals surface area contributed by atoms with Crippen LogP contribution in [0.2, 0.25) is 0 Å². The van der Waals surface area contributed by atoms with Gasteiger partial charge >= 0.3 is 234 Å². The summed E-state index contributed by atoms with van der Waals surface area (Å²) in [6.07, 6.45) is 0. The van der Waals surface area contributed by atoms with E-state index in [4.69, 9.17) is 0 Å². The van der Waals surface area contributed by atoms with E-state index in [0.29, 0.717) is 0 Å². The Morgan fingerprint density at radius 1 is 0.424 bits per heavy atom. The molecular weight excluding hydrogens is 834 g/mol. The van der Waals surface area contributed by atoms with Crippen molar-refractivity contribution >= 4 is 40.2 Å². The molecule has 0 aliphatic carbocycles. The fourth-order valence-corrected chi connectivity index (χ4v) is 15.0. The van der Waals surface area contributed by atoms with E-state index in [9.17, 15) is 0 Å². The molecule has 0 saturated carbocycles. The van der Waals surface area contributed by atoms with Crippen LogP contribution >= 0.6 is 34.0 Å². The van der Waals surface area contributed by atoms with Gasteiger partial charge in [0.25, 0.3) is 0 Å². The number of rotatable bonds is 4. The van der Waals surface area contributed by atoms with Crippen LogP contribution in [-0.2, 0) is 49.1 Å². The summed E-state index contributed by atoms with van der Waals surface area (Å²) in [5, 5.41) is 0. The second kappa shape index (κ2) is 11.8. The Balaban J connectivity index is 1.24. The molecule has 33 heavy (non-hydrogen) atoms. The quantitative estimate of drug-likeness (QED) is 0.141. The summed E-state index contributed by atoms with van der Waals surface area (Å²) in [6.45, 7) is 0. The molecule has 0 aliphatic rings. The average Bonchev–Trinajstić information content (AvgIpc) is 3.61. The third-order valence-corrected chi connectivity index (χ3v) is 18.1. The van der Waals surface area contributed by atoms with Crippen LogP contribution in [0.1, 0.15) is 9.75 Å². The van der Waals surface area contributed by atoms with Crippen molar-refractivity contribution < 1.29 is 49.1 Å². The summed E-state index contributed by atoms with van der Waals surface area (Å²) in [7, 11) is 0. The first-order chi connectivity index (χ1) is 16.3. The molecule has 0 unspecified atom stereocenters. The van der Waals surface area contributed by atoms with E-state index in [0.717, 1.165) is 0 Å². The van der Waals surface area contributed by atoms with Crippen molar-refractivity contribution in [2.45, 2.75) is 0 Å². The molecule has 0 amide bonds. The van der Waals surface area contributed by atoms with Gasteiger partial charge in [0, 0.05) is 0 Å². The zero-order valence-electron chi connectivity index (χ0n) is 17.9. The van der Waals surface area contributed by atoms with Gasteiger partial charge in [-0.15, -0.1) is 0 Å². The minimum atomic E-state index is -1.30. The molecule has 5 rings (SSSR count). The van der Waals surface area contributed by atoms with Gasteiger partial charge in [-0.1, -0.05) is 0 Å². The molecule has 0 atom stereocenters. The molecular formula is C28H16Hg2S3. The standard InChI is InChI=1S/C16H6S3.2C6H5.2Hg/c1-3-11-5-7-13(17-11)15-9-10-16(19-15)14-8-6-12(4-2)18-14;2*1-2-4-6-5-3-1;;/h5-10H;2*1-5H;;. The first-order valence-electron chi connectivity index (χ1n) is 10.7. The summed E-state index contributed by atoms with van der Waals surface area (Å²) in [5.41, 5.74) is 0. The molecule has 0 aliphatic heterocycles. The second-order valence-corrected chi connectivity index (χ2v) is 22.5. The predicted molar refractivity (Wildman–Crippen MR) is 137 cm³/mol. The van der Waals surface area contributed by atoms with E-state index in [-0.39, 0.29) is 0 Å². The van der Waals surface area contributed by atoms with Gasteiger partial charge in [0.15, 0.2) is 0 Å². The van der Waals surface area contributed by atoms with Crippen LogP contribution in [0.5, 0.6) is 0 Å². The van der Waals surface area contributed by atoms with Crippen LogP contribution in [-0.4, -0.2) is 0 Å². The zero-order valence-corrected chi connectivity index (χ0v) is 31.3. The van der Waals surface area contributed by atoms with Gasteiger partial charge < -0.3 is 0 Å². The van der Waals surface area contributed by atoms with Crippen molar-refractivity contribution in [2.75, 3.05) is 0 Å². The van der Waals surface area contributed by atoms with E-state index >= 15 is 0 Å². The van der Waals surface area contributed by atoms with E-state index < -0.39 is 49.1 Å². The Hall–Kier alpha value is -1.47. The number of benzene rings is 2. The van der Waals surface area contributed by atoms with Crippen molar-refractivity contribution in [3.05, 3.63) is 107 Å². The van der Waals surface area contributed by atoms with E-state index in [1.807, 2.05) is 11.3 Å². The molecule has 3 aromatic heterocycles. The van der Waals surface area contributed by atoms with Gasteiger partial charge in [0.2, 0.25) is 0 Å². The number of hydrogen-bond donors (Lipinski definition) is 0. The second-order valence-electron chi connectivity index (χ2n) is 7.42. The summed E-state index contributed by atoms with van der Waals surface area (Å²) in [5.74, 6) is 6.84. The first kappa shape index (κ1) is 23.3. The van der Waals surface area contributed by atoms with Crippen LogP contribution in [0.15, 0.2) is 97.1 Å². The molecule has 0 saturated heterocycles. The SMILES string of the molecule is [C](#Cc1ccc(-c2ccc(-c3ccc(C#[C][Hg][c]4ccccc4)s3)s2)s1)[Hg][c]1ccccc1. The normalized spacial score (nSPS) is 9.70. The summed E-state index contributed by atoms with van der Waals surface area (Å²) in [6, 6.07) is 34.7. The average molecular weight is 850 g/mol. The molecule has 0 radical (unpaired) electrons. The van der Waals surface area contributed by atoms with Crippen molar-refractivity contribution in [1.29, 1.82) is 0 Å². The molecule has 0 spiro atoms. The van der Waals surface area contributed by atoms with Crippen LogP contribution in [0.4, 0.5) is 0 Å². The fraction of sp³-hybridized carbons (Fsp3) is 0. The van der Waals surface area contributed by atoms with Gasteiger partial charge in [-0.3, -0.25) is 0 Å². The van der Waals surface area contributed by atoms with E-state index in [1.54, 1.807) is 22.7 Å². The number of thiophene rings is 3. The predicted octanol–water partition coefficient (Wildman–Crippen LogP) is 6.64. The third kappa shape index (κ3) is 6.56. The fourth-order valence-electron chi connectivity index (χ4n) is 3.34. The molecule has 0 fully saturated rings. The summed E-state index contributed by atoms with van der Waals surface area (Å²) in [4.78, 5) is 7.60. The molecule has 3 heterocycles. The van der Waals surface area contributed by atoms with Crippen LogP contribution < -0.4 is 6.14 Å². The van der Waals surface area contributed by atoms with E-state index in [2.05, 4.69) is 116 Å². The number of hydrogen-bond acceptors (Lipinski definition) is 3. The molecule has 0 nitrogen and oxygen atoms in total. The van der Waals surface area contributed by atoms with Crippen molar-refractivity contribution in [2.24, 2.45) is 0 Å². The van der Waals surface area contributed by atoms with Gasteiger partial charge in [0.1, 0.15) is 0 Å². The topological polar surface area (TPSA) is 0 Å². The van der Waals surface area contributed by atoms with Crippen molar-refractivity contribution in [3.8, 4) is 38.2 Å². The zero-order chi connectivity index (χ0) is 22.3. The molecule has 5 heteroatoms. The molecule has 5 aromatic rings. The van der Waals surface area contributed by atoms with E-state index in [1.165, 1.54) is 35.4 Å². The van der Waals surface area contributed by atoms with Gasteiger partial charge in [-0.25, -0.2) is 0 Å². The van der Waals surface area contributed by atoms with Crippen LogP contribution in [0.25, 0.3) is 19.5 Å². The minimum absolute atomic E-state index is 1.18. The van der Waals surface area contributed by atoms with Crippen LogP contribution in [0, 0.1) is 18.7 Å². The Bertz CT molecular complexity index is 1360. The molecule has 2 aromatic carbocycles. The monoisotopic (exact) mass is 852 g/mol. The Kier molecular flexibility index (Phi) is 8.31. The van der Waals surface area contributed by atoms with Gasteiger partial charge in [-0.05, 0) is 0 Å². The Morgan fingerprint density at radius 3 is 1.27 bits per heavy atom. The maximum absolute atomic E-state index is 3.52. The van der Waals surface area contributed by atoms with Crippen LogP contribution in [0.3, 0.4) is 0 Å². The van der Waals surface area contributed by atoms with Crippen molar-refractivity contribution in [3.63, 3.8) is 0 Å². The third-order valence-electron chi connectivity index (χ3n) is 5.00. The Labute approximate surface area is 231 Å². The Morgan fingerprint density at radius 2 is 0.818 bits per heavy atom. The maximum atomic E-state index is 3.52. The van der Waals surface area contributed by atoms with Gasteiger partial charge in [-0.2, -0.15) is 0 Å². The summed E-state index contributed by atoms with van der Waals surface area (Å²) >= 11 is 2.87. The van der Waals surface area contributed by atoms with Gasteiger partial charge in [0.05, 0.1) is 0 Å². The van der Waals surface area contributed by atoms with Crippen molar-refractivity contribution in [1.82, 2.24) is 0 Å². The molecule has 150 valence electrons. The first-order valence-corrected chi connectivity index (χ1v) is 24.1. The summed E-state index contributed by atoms with van der Waals surface area (Å²) < 4.78 is 10.0.